The number of rotatable bonds is 4. The lowest BCUT2D eigenvalue weighted by Crippen LogP contribution is -2.61. The molecule has 0 radical (unpaired) electrons. The van der Waals surface area contributed by atoms with Gasteiger partial charge in [0.1, 0.15) is 5.58 Å². The summed E-state index contributed by atoms with van der Waals surface area (Å²) in [7, 11) is 0. The summed E-state index contributed by atoms with van der Waals surface area (Å²) in [6.45, 7) is 27.1. The summed E-state index contributed by atoms with van der Waals surface area (Å²) in [4.78, 5) is 8.16. The second kappa shape index (κ2) is 16.4. The first-order valence-electron chi connectivity index (χ1n) is 30.9. The van der Waals surface area contributed by atoms with Crippen LogP contribution in [0.4, 0.5) is 45.7 Å². The van der Waals surface area contributed by atoms with Gasteiger partial charge in [0.25, 0.3) is 6.71 Å². The average Bonchev–Trinajstić information content (AvgIpc) is 3.78. The molecule has 1 aromatic heterocycles. The number of anilines is 8. The molecule has 5 aliphatic carbocycles. The van der Waals surface area contributed by atoms with Crippen molar-refractivity contribution in [3.05, 3.63) is 185 Å². The molecule has 9 aromatic rings. The summed E-state index contributed by atoms with van der Waals surface area (Å²) in [5.41, 5.74) is 24.9. The zero-order valence-corrected chi connectivity index (χ0v) is 49.8. The Hall–Kier alpha value is -6.98. The van der Waals surface area contributed by atoms with E-state index in [1.807, 2.05) is 0 Å². The van der Waals surface area contributed by atoms with E-state index in [2.05, 4.69) is 243 Å². The Morgan fingerprint density at radius 2 is 1.10 bits per heavy atom. The van der Waals surface area contributed by atoms with Crippen molar-refractivity contribution >= 4 is 90.5 Å². The summed E-state index contributed by atoms with van der Waals surface area (Å²) in [6, 6.07) is 60.2. The second-order valence-corrected chi connectivity index (χ2v) is 29.6. The number of hydrogen-bond donors (Lipinski definition) is 0. The highest BCUT2D eigenvalue weighted by Crippen LogP contribution is 2.63. The summed E-state index contributed by atoms with van der Waals surface area (Å²) in [5, 5.41) is 3.77. The minimum atomic E-state index is -0.164. The van der Waals surface area contributed by atoms with Crippen LogP contribution in [0.1, 0.15) is 174 Å². The van der Waals surface area contributed by atoms with Gasteiger partial charge in [-0.15, -0.1) is 0 Å². The molecule has 0 amide bonds. The van der Waals surface area contributed by atoms with Crippen molar-refractivity contribution in [2.24, 2.45) is 0 Å². The van der Waals surface area contributed by atoms with Gasteiger partial charge in [0.15, 0.2) is 0 Å². The second-order valence-electron chi connectivity index (χ2n) is 29.6. The van der Waals surface area contributed by atoms with Gasteiger partial charge < -0.3 is 14.2 Å². The molecule has 2 saturated carbocycles. The molecule has 4 nitrogen and oxygen atoms in total. The van der Waals surface area contributed by atoms with Crippen molar-refractivity contribution in [2.75, 3.05) is 14.7 Å². The van der Waals surface area contributed by atoms with E-state index in [-0.39, 0.29) is 44.7 Å². The largest absolute Gasteiger partial charge is 0.440 e. The molecule has 5 heteroatoms. The van der Waals surface area contributed by atoms with Gasteiger partial charge in [-0.3, -0.25) is 4.90 Å². The van der Waals surface area contributed by atoms with E-state index >= 15 is 0 Å². The highest BCUT2D eigenvalue weighted by atomic mass is 16.4. The fourth-order valence-electron chi connectivity index (χ4n) is 17.6. The first-order chi connectivity index (χ1) is 38.7. The summed E-state index contributed by atoms with van der Waals surface area (Å²) in [5.74, 6) is 0.964. The van der Waals surface area contributed by atoms with Crippen molar-refractivity contribution in [3.63, 3.8) is 0 Å². The van der Waals surface area contributed by atoms with Crippen LogP contribution in [0.15, 0.2) is 156 Å². The van der Waals surface area contributed by atoms with Crippen LogP contribution in [-0.2, 0) is 32.5 Å². The molecule has 2 unspecified atom stereocenters. The van der Waals surface area contributed by atoms with Crippen LogP contribution in [-0.4, -0.2) is 12.3 Å². The van der Waals surface area contributed by atoms with E-state index in [0.29, 0.717) is 0 Å². The third-order valence-electron chi connectivity index (χ3n) is 23.0. The quantitative estimate of drug-likeness (QED) is 0.164. The smallest absolute Gasteiger partial charge is 0.257 e. The summed E-state index contributed by atoms with van der Waals surface area (Å²) in [6.07, 6.45) is 12.0. The van der Waals surface area contributed by atoms with Gasteiger partial charge in [-0.1, -0.05) is 173 Å². The van der Waals surface area contributed by atoms with Crippen LogP contribution in [0.3, 0.4) is 0 Å². The van der Waals surface area contributed by atoms with Crippen LogP contribution >= 0.6 is 0 Å². The van der Waals surface area contributed by atoms with Crippen molar-refractivity contribution in [1.29, 1.82) is 0 Å². The highest BCUT2D eigenvalue weighted by molar-refractivity contribution is 7.01. The van der Waals surface area contributed by atoms with Gasteiger partial charge >= 0.3 is 0 Å². The molecule has 2 fully saturated rings. The number of nitrogens with zero attached hydrogens (tertiary/aromatic N) is 3. The normalized spacial score (nSPS) is 25.3. The molecule has 3 aliphatic heterocycles. The molecule has 0 saturated heterocycles. The molecule has 2 atom stereocenters. The minimum absolute atomic E-state index is 0.00350. The van der Waals surface area contributed by atoms with Crippen molar-refractivity contribution in [3.8, 4) is 11.1 Å². The maximum Gasteiger partial charge on any atom is 0.257 e. The Labute approximate surface area is 481 Å². The number of hydrogen-bond acceptors (Lipinski definition) is 4. The predicted molar refractivity (Wildman–Crippen MR) is 343 cm³/mol. The first kappa shape index (κ1) is 49.8. The van der Waals surface area contributed by atoms with Crippen LogP contribution in [0.5, 0.6) is 0 Å². The van der Waals surface area contributed by atoms with Crippen LogP contribution in [0.25, 0.3) is 32.9 Å². The van der Waals surface area contributed by atoms with Gasteiger partial charge in [0, 0.05) is 56.0 Å². The molecule has 2 bridgehead atoms. The van der Waals surface area contributed by atoms with E-state index in [1.165, 1.54) is 163 Å². The van der Waals surface area contributed by atoms with Gasteiger partial charge in [-0.25, -0.2) is 0 Å². The topological polar surface area (TPSA) is 22.9 Å². The van der Waals surface area contributed by atoms with E-state index in [1.54, 1.807) is 5.56 Å². The maximum absolute atomic E-state index is 7.88. The molecular weight excluding hydrogens is 982 g/mol. The minimum Gasteiger partial charge on any atom is -0.440 e. The molecule has 17 rings (SSSR count). The van der Waals surface area contributed by atoms with Gasteiger partial charge in [-0.05, 0) is 207 Å². The molecular formula is C76H78BN3O. The van der Waals surface area contributed by atoms with Crippen LogP contribution < -0.4 is 31.1 Å². The average molecular weight is 1060 g/mol. The summed E-state index contributed by atoms with van der Waals surface area (Å²) >= 11 is 0. The van der Waals surface area contributed by atoms with Crippen molar-refractivity contribution in [2.45, 2.75) is 178 Å². The van der Waals surface area contributed by atoms with E-state index < -0.39 is 0 Å². The number of fused-ring (bicyclic) bond motifs is 13. The lowest BCUT2D eigenvalue weighted by molar-refractivity contribution is 0.188. The highest BCUT2D eigenvalue weighted by Gasteiger charge is 2.59. The Morgan fingerprint density at radius 1 is 0.457 bits per heavy atom. The van der Waals surface area contributed by atoms with Gasteiger partial charge in [0.05, 0.1) is 11.2 Å². The van der Waals surface area contributed by atoms with Gasteiger partial charge in [0.2, 0.25) is 5.88 Å². The van der Waals surface area contributed by atoms with E-state index in [9.17, 15) is 0 Å². The molecule has 4 heterocycles. The van der Waals surface area contributed by atoms with E-state index in [0.717, 1.165) is 24.3 Å². The zero-order valence-electron chi connectivity index (χ0n) is 49.8. The van der Waals surface area contributed by atoms with Gasteiger partial charge in [-0.2, -0.15) is 0 Å². The zero-order chi connectivity index (χ0) is 55.5. The third kappa shape index (κ3) is 6.73. The first-order valence-corrected chi connectivity index (χ1v) is 30.9. The molecule has 406 valence electrons. The Kier molecular flexibility index (Phi) is 10.1. The maximum atomic E-state index is 7.88. The molecule has 0 N–H and O–H groups in total. The van der Waals surface area contributed by atoms with E-state index in [4.69, 9.17) is 4.42 Å². The van der Waals surface area contributed by atoms with Crippen molar-refractivity contribution < 1.29 is 4.42 Å². The number of benzene rings is 8. The fraction of sp³-hybridized carbons (Fsp3) is 0.368. The predicted octanol–water partition coefficient (Wildman–Crippen LogP) is 18.8. The molecule has 8 aromatic carbocycles. The monoisotopic (exact) mass is 1060 g/mol. The lowest BCUT2D eigenvalue weighted by Gasteiger charge is -2.52. The fourth-order valence-corrected chi connectivity index (χ4v) is 17.6. The molecule has 81 heavy (non-hydrogen) atoms. The Morgan fingerprint density at radius 3 is 1.83 bits per heavy atom. The van der Waals surface area contributed by atoms with Crippen LogP contribution in [0, 0.1) is 0 Å². The standard InChI is InChI=1S/C76H78BN3O/c1-70(2,3)50-27-30-61(53(41-50)47-21-13-12-14-22-47)79-63-40-49-24-16-15-23-48(49)39-60(63)77-67-54-45-58-59(74(9)37-35-73(58,8)36-38-74)46-66(54)81-69(67)78(51-28-29-55-57(42-51)72(6,7)34-33-71(55,4)5)64-43-52(44-65(79)68(64)77)80-62-26-18-17-25-56(62)75(10)31-19-20-32-76(75,80)11/h12-18,21-30,39-46H,19-20,31-38H2,1-11H3. The van der Waals surface area contributed by atoms with Crippen molar-refractivity contribution in [1.82, 2.24) is 0 Å². The summed E-state index contributed by atoms with van der Waals surface area (Å²) < 4.78 is 7.88. The van der Waals surface area contributed by atoms with Crippen LogP contribution in [0.2, 0.25) is 0 Å². The molecule has 0 spiro atoms. The lowest BCUT2D eigenvalue weighted by atomic mass is 9.33. The molecule has 8 aliphatic rings. The Balaban J connectivity index is 1.08. The number of para-hydroxylation sites is 1. The SMILES string of the molecule is CC(C)(C)c1ccc(N2c3cc4ccccc4cc3B3c4c2cc(N2c5ccccc5C5(C)CCCCC25C)cc4N(c2ccc4c(c2)C(C)(C)CCC4(C)C)c2oc4cc5c(cc4c23)C2(C)CCC5(C)CC2)c(-c2ccccc2)c1. The Bertz CT molecular complexity index is 4160. The third-order valence-corrected chi connectivity index (χ3v) is 23.0. The number of furan rings is 1.